The number of carbonyl (C=O) groups is 1. The zero-order chi connectivity index (χ0) is 18.7. The first-order valence-electron chi connectivity index (χ1n) is 8.20. The molecule has 2 aromatic carbocycles. The van der Waals surface area contributed by atoms with Gasteiger partial charge in [0.2, 0.25) is 0 Å². The van der Waals surface area contributed by atoms with Gasteiger partial charge in [-0.05, 0) is 30.7 Å². The van der Waals surface area contributed by atoms with Crippen LogP contribution in [0.3, 0.4) is 0 Å². The van der Waals surface area contributed by atoms with Crippen LogP contribution in [0.5, 0.6) is 5.75 Å². The predicted molar refractivity (Wildman–Crippen MR) is 102 cm³/mol. The Bertz CT molecular complexity index is 1030. The zero-order valence-electron chi connectivity index (χ0n) is 14.5. The summed E-state index contributed by atoms with van der Waals surface area (Å²) < 4.78 is 6.58. The maximum Gasteiger partial charge on any atom is 0.276 e. The molecule has 0 aliphatic heterocycles. The number of rotatable bonds is 5. The fourth-order valence-corrected chi connectivity index (χ4v) is 2.90. The van der Waals surface area contributed by atoms with Crippen molar-refractivity contribution in [1.82, 2.24) is 9.78 Å². The first-order valence-corrected chi connectivity index (χ1v) is 8.57. The maximum absolute atomic E-state index is 12.9. The number of nitrogens with zero attached hydrogens (tertiary/aromatic N) is 2. The Hall–Kier alpha value is -2.86. The number of methoxy groups -OCH3 is 1. The molecule has 1 aromatic heterocycles. The molecular weight excluding hydrogens is 354 g/mol. The van der Waals surface area contributed by atoms with E-state index in [2.05, 4.69) is 10.4 Å². The second kappa shape index (κ2) is 7.58. The normalized spacial score (nSPS) is 10.7. The lowest BCUT2D eigenvalue weighted by atomic mass is 10.1. The highest BCUT2D eigenvalue weighted by Crippen LogP contribution is 2.28. The number of amides is 1. The second-order valence-corrected chi connectivity index (χ2v) is 6.16. The van der Waals surface area contributed by atoms with Crippen molar-refractivity contribution >= 4 is 34.0 Å². The van der Waals surface area contributed by atoms with E-state index in [4.69, 9.17) is 16.3 Å². The Morgan fingerprint density at radius 3 is 2.65 bits per heavy atom. The number of ether oxygens (including phenoxy) is 1. The van der Waals surface area contributed by atoms with E-state index in [1.807, 2.05) is 6.92 Å². The molecule has 3 aromatic rings. The number of aryl methyl sites for hydroxylation is 1. The van der Waals surface area contributed by atoms with Crippen LogP contribution >= 0.6 is 11.6 Å². The van der Waals surface area contributed by atoms with E-state index >= 15 is 0 Å². The zero-order valence-corrected chi connectivity index (χ0v) is 15.2. The summed E-state index contributed by atoms with van der Waals surface area (Å²) in [5.41, 5.74) is 0.402. The summed E-state index contributed by atoms with van der Waals surface area (Å²) in [5.74, 6) is 0.0422. The van der Waals surface area contributed by atoms with Crippen molar-refractivity contribution in [3.8, 4) is 5.75 Å². The number of nitrogens with one attached hydrogen (secondary N) is 1. The third kappa shape index (κ3) is 3.41. The number of hydrogen-bond acceptors (Lipinski definition) is 4. The average molecular weight is 372 g/mol. The van der Waals surface area contributed by atoms with Crippen molar-refractivity contribution in [3.05, 3.63) is 63.5 Å². The Balaban J connectivity index is 2.10. The van der Waals surface area contributed by atoms with Crippen LogP contribution in [0.1, 0.15) is 23.8 Å². The van der Waals surface area contributed by atoms with Crippen molar-refractivity contribution in [2.45, 2.75) is 19.9 Å². The number of halogens is 1. The van der Waals surface area contributed by atoms with Crippen LogP contribution in [0.4, 0.5) is 5.69 Å². The van der Waals surface area contributed by atoms with Crippen molar-refractivity contribution in [3.63, 3.8) is 0 Å². The van der Waals surface area contributed by atoms with E-state index in [9.17, 15) is 9.59 Å². The van der Waals surface area contributed by atoms with Crippen LogP contribution in [0.25, 0.3) is 10.8 Å². The molecule has 0 bridgehead atoms. The lowest BCUT2D eigenvalue weighted by Gasteiger charge is -2.13. The SMILES string of the molecule is CCCn1nc(C(=O)Nc2cc(Cl)ccc2OC)c2ccccc2c1=O. The lowest BCUT2D eigenvalue weighted by molar-refractivity contribution is 0.102. The molecule has 0 saturated carbocycles. The van der Waals surface area contributed by atoms with E-state index in [0.717, 1.165) is 6.42 Å². The van der Waals surface area contributed by atoms with Gasteiger partial charge in [-0.2, -0.15) is 5.10 Å². The largest absolute Gasteiger partial charge is 0.495 e. The van der Waals surface area contributed by atoms with Gasteiger partial charge < -0.3 is 10.1 Å². The smallest absolute Gasteiger partial charge is 0.276 e. The minimum Gasteiger partial charge on any atom is -0.495 e. The maximum atomic E-state index is 12.9. The van der Waals surface area contributed by atoms with E-state index in [-0.39, 0.29) is 11.3 Å². The topological polar surface area (TPSA) is 73.2 Å². The molecule has 0 aliphatic carbocycles. The van der Waals surface area contributed by atoms with Crippen LogP contribution < -0.4 is 15.6 Å². The Kier molecular flexibility index (Phi) is 5.23. The summed E-state index contributed by atoms with van der Waals surface area (Å²) >= 11 is 6.02. The van der Waals surface area contributed by atoms with E-state index < -0.39 is 5.91 Å². The van der Waals surface area contributed by atoms with Gasteiger partial charge in [0.15, 0.2) is 5.69 Å². The summed E-state index contributed by atoms with van der Waals surface area (Å²) in [4.78, 5) is 25.4. The molecule has 0 radical (unpaired) electrons. The molecule has 7 heteroatoms. The van der Waals surface area contributed by atoms with Crippen LogP contribution in [0, 0.1) is 0 Å². The van der Waals surface area contributed by atoms with Crippen molar-refractivity contribution in [1.29, 1.82) is 0 Å². The van der Waals surface area contributed by atoms with Gasteiger partial charge in [-0.15, -0.1) is 0 Å². The number of benzene rings is 2. The first kappa shape index (κ1) is 17.9. The van der Waals surface area contributed by atoms with E-state index in [1.54, 1.807) is 42.5 Å². The molecule has 1 N–H and O–H groups in total. The Labute approximate surface area is 155 Å². The monoisotopic (exact) mass is 371 g/mol. The molecule has 6 nitrogen and oxygen atoms in total. The molecule has 3 rings (SSSR count). The van der Waals surface area contributed by atoms with Crippen molar-refractivity contribution in [2.24, 2.45) is 0 Å². The van der Waals surface area contributed by atoms with Gasteiger partial charge in [-0.25, -0.2) is 4.68 Å². The Morgan fingerprint density at radius 2 is 1.96 bits per heavy atom. The fraction of sp³-hybridized carbons (Fsp3) is 0.211. The standard InChI is InChI=1S/C19H18ClN3O3/c1-3-10-23-19(25)14-7-5-4-6-13(14)17(22-23)18(24)21-15-11-12(20)8-9-16(15)26-2/h4-9,11H,3,10H2,1-2H3,(H,21,24). The third-order valence-electron chi connectivity index (χ3n) is 3.93. The molecule has 134 valence electrons. The third-order valence-corrected chi connectivity index (χ3v) is 4.16. The summed E-state index contributed by atoms with van der Waals surface area (Å²) in [6.07, 6.45) is 0.731. The predicted octanol–water partition coefficient (Wildman–Crippen LogP) is 3.72. The molecule has 0 saturated heterocycles. The minimum atomic E-state index is -0.438. The molecule has 1 heterocycles. The molecular formula is C19H18ClN3O3. The number of carbonyl (C=O) groups excluding carboxylic acids is 1. The van der Waals surface area contributed by atoms with Gasteiger partial charge in [0, 0.05) is 17.0 Å². The molecule has 0 fully saturated rings. The minimum absolute atomic E-state index is 0.177. The van der Waals surface area contributed by atoms with Crippen molar-refractivity contribution < 1.29 is 9.53 Å². The second-order valence-electron chi connectivity index (χ2n) is 5.72. The Morgan fingerprint density at radius 1 is 1.23 bits per heavy atom. The van der Waals surface area contributed by atoms with Gasteiger partial charge in [0.25, 0.3) is 11.5 Å². The lowest BCUT2D eigenvalue weighted by Crippen LogP contribution is -2.27. The number of anilines is 1. The highest BCUT2D eigenvalue weighted by molar-refractivity contribution is 6.31. The van der Waals surface area contributed by atoms with Crippen LogP contribution in [-0.2, 0) is 6.54 Å². The van der Waals surface area contributed by atoms with E-state index in [0.29, 0.717) is 33.8 Å². The molecule has 1 amide bonds. The summed E-state index contributed by atoms with van der Waals surface area (Å²) in [6, 6.07) is 11.9. The van der Waals surface area contributed by atoms with Gasteiger partial charge in [-0.3, -0.25) is 9.59 Å². The molecule has 0 unspecified atom stereocenters. The molecule has 0 aliphatic rings. The average Bonchev–Trinajstić information content (AvgIpc) is 2.64. The number of hydrogen-bond donors (Lipinski definition) is 1. The molecule has 26 heavy (non-hydrogen) atoms. The molecule has 0 spiro atoms. The number of fused-ring (bicyclic) bond motifs is 1. The fourth-order valence-electron chi connectivity index (χ4n) is 2.73. The highest BCUT2D eigenvalue weighted by atomic mass is 35.5. The van der Waals surface area contributed by atoms with Crippen LogP contribution in [-0.4, -0.2) is 22.8 Å². The summed E-state index contributed by atoms with van der Waals surface area (Å²) in [7, 11) is 1.51. The number of aromatic nitrogens is 2. The summed E-state index contributed by atoms with van der Waals surface area (Å²) in [6.45, 7) is 2.38. The van der Waals surface area contributed by atoms with Crippen LogP contribution in [0.2, 0.25) is 5.02 Å². The first-order chi connectivity index (χ1) is 12.5. The van der Waals surface area contributed by atoms with Gasteiger partial charge in [0.05, 0.1) is 18.2 Å². The molecule has 0 atom stereocenters. The van der Waals surface area contributed by atoms with E-state index in [1.165, 1.54) is 11.8 Å². The quantitative estimate of drug-likeness (QED) is 0.741. The summed E-state index contributed by atoms with van der Waals surface area (Å²) in [5, 5.41) is 8.48. The highest BCUT2D eigenvalue weighted by Gasteiger charge is 2.18. The van der Waals surface area contributed by atoms with Gasteiger partial charge >= 0.3 is 0 Å². The van der Waals surface area contributed by atoms with Gasteiger partial charge in [-0.1, -0.05) is 36.7 Å². The van der Waals surface area contributed by atoms with Crippen LogP contribution in [0.15, 0.2) is 47.3 Å². The van der Waals surface area contributed by atoms with Crippen molar-refractivity contribution in [2.75, 3.05) is 12.4 Å². The van der Waals surface area contributed by atoms with Gasteiger partial charge in [0.1, 0.15) is 5.75 Å².